The van der Waals surface area contributed by atoms with Crippen molar-refractivity contribution in [3.63, 3.8) is 0 Å². The molecular weight excluding hydrogens is 342 g/mol. The van der Waals surface area contributed by atoms with Gasteiger partial charge in [-0.05, 0) is 18.2 Å². The number of hydrogen-bond donors (Lipinski definition) is 3. The van der Waals surface area contributed by atoms with Gasteiger partial charge in [0.2, 0.25) is 11.8 Å². The normalized spacial score (nSPS) is 12.9. The monoisotopic (exact) mass is 355 g/mol. The predicted molar refractivity (Wildman–Crippen MR) is 83.0 cm³/mol. The lowest BCUT2D eigenvalue weighted by atomic mass is 10.2. The smallest absolute Gasteiger partial charge is 0.331 e. The van der Waals surface area contributed by atoms with E-state index in [9.17, 15) is 19.2 Å². The van der Waals surface area contributed by atoms with Crippen molar-refractivity contribution in [2.75, 3.05) is 31.1 Å². The summed E-state index contributed by atoms with van der Waals surface area (Å²) in [7, 11) is 0. The molecule has 9 nitrogen and oxygen atoms in total. The van der Waals surface area contributed by atoms with Crippen LogP contribution >= 0.6 is 11.6 Å². The molecule has 0 saturated heterocycles. The summed E-state index contributed by atoms with van der Waals surface area (Å²) in [5, 5.41) is 13.3. The molecule has 1 heterocycles. The number of hydrogen-bond acceptors (Lipinski definition) is 6. The zero-order chi connectivity index (χ0) is 17.7. The van der Waals surface area contributed by atoms with E-state index in [0.29, 0.717) is 16.5 Å². The Morgan fingerprint density at radius 1 is 1.21 bits per heavy atom. The highest BCUT2D eigenvalue weighted by molar-refractivity contribution is 6.31. The Morgan fingerprint density at radius 2 is 1.92 bits per heavy atom. The van der Waals surface area contributed by atoms with Crippen LogP contribution in [0.4, 0.5) is 5.69 Å². The molecule has 2 amide bonds. The number of esters is 1. The number of nitrogens with zero attached hydrogens (tertiary/aromatic N) is 1. The number of carbonyl (C=O) groups excluding carboxylic acids is 3. The summed E-state index contributed by atoms with van der Waals surface area (Å²) in [6.45, 7) is -1.22. The highest BCUT2D eigenvalue weighted by Crippen LogP contribution is 2.34. The zero-order valence-corrected chi connectivity index (χ0v) is 13.1. The molecule has 1 aliphatic heterocycles. The molecule has 3 N–H and O–H groups in total. The number of halogens is 1. The largest absolute Gasteiger partial charge is 0.480 e. The van der Waals surface area contributed by atoms with Crippen LogP contribution < -0.4 is 20.3 Å². The number of amides is 2. The van der Waals surface area contributed by atoms with E-state index in [-0.39, 0.29) is 19.6 Å². The summed E-state index contributed by atoms with van der Waals surface area (Å²) < 4.78 is 5.06. The number of nitrogens with one attached hydrogen (secondary N) is 2. The van der Waals surface area contributed by atoms with Crippen molar-refractivity contribution in [3.8, 4) is 5.75 Å². The van der Waals surface area contributed by atoms with Gasteiger partial charge >= 0.3 is 11.9 Å². The number of ether oxygens (including phenoxy) is 1. The Labute approximate surface area is 141 Å². The molecule has 10 heteroatoms. The fourth-order valence-electron chi connectivity index (χ4n) is 2.01. The van der Waals surface area contributed by atoms with E-state index in [1.807, 2.05) is 0 Å². The van der Waals surface area contributed by atoms with Crippen molar-refractivity contribution < 1.29 is 29.0 Å². The van der Waals surface area contributed by atoms with E-state index in [0.717, 1.165) is 0 Å². The minimum absolute atomic E-state index is 0.133. The molecule has 0 radical (unpaired) electrons. The van der Waals surface area contributed by atoms with Gasteiger partial charge in [-0.3, -0.25) is 14.4 Å². The Bertz CT molecular complexity index is 693. The molecule has 1 aliphatic rings. The lowest BCUT2D eigenvalue weighted by molar-refractivity contribution is -0.137. The molecule has 1 aromatic carbocycles. The molecule has 0 atom stereocenters. The molecule has 1 aromatic rings. The van der Waals surface area contributed by atoms with Crippen molar-refractivity contribution in [2.45, 2.75) is 0 Å². The predicted octanol–water partition coefficient (Wildman–Crippen LogP) is -0.618. The van der Waals surface area contributed by atoms with Gasteiger partial charge in [0, 0.05) is 5.02 Å². The second-order valence-electron chi connectivity index (χ2n) is 4.89. The van der Waals surface area contributed by atoms with Gasteiger partial charge in [0.1, 0.15) is 13.1 Å². The maximum absolute atomic E-state index is 11.9. The first-order chi connectivity index (χ1) is 11.3. The molecule has 24 heavy (non-hydrogen) atoms. The lowest BCUT2D eigenvalue weighted by Gasteiger charge is -2.29. The van der Waals surface area contributed by atoms with Crippen LogP contribution in [0.5, 0.6) is 5.75 Å². The highest BCUT2D eigenvalue weighted by atomic mass is 35.5. The molecule has 0 unspecified atom stereocenters. The third-order valence-corrected chi connectivity index (χ3v) is 3.26. The number of fused-ring (bicyclic) bond motifs is 1. The summed E-state index contributed by atoms with van der Waals surface area (Å²) in [6, 6.07) is 4.65. The summed E-state index contributed by atoms with van der Waals surface area (Å²) in [5.74, 6) is -2.55. The molecule has 0 spiro atoms. The van der Waals surface area contributed by atoms with Gasteiger partial charge in [0.25, 0.3) is 0 Å². The van der Waals surface area contributed by atoms with Crippen molar-refractivity contribution in [3.05, 3.63) is 23.2 Å². The van der Waals surface area contributed by atoms with E-state index < -0.39 is 30.3 Å². The Balaban J connectivity index is 1.92. The van der Waals surface area contributed by atoms with Gasteiger partial charge in [0.05, 0.1) is 18.8 Å². The van der Waals surface area contributed by atoms with Gasteiger partial charge in [-0.2, -0.15) is 0 Å². The third-order valence-electron chi connectivity index (χ3n) is 3.02. The number of anilines is 1. The molecule has 0 bridgehead atoms. The van der Waals surface area contributed by atoms with E-state index in [1.54, 1.807) is 12.1 Å². The SMILES string of the molecule is O=C(O)CNC(=O)CNC(=O)CN1CC(=O)Oc2ccc(Cl)cc21. The van der Waals surface area contributed by atoms with Crippen LogP contribution in [-0.4, -0.2) is 55.0 Å². The zero-order valence-electron chi connectivity index (χ0n) is 12.4. The molecule has 0 aromatic heterocycles. The van der Waals surface area contributed by atoms with Crippen molar-refractivity contribution >= 4 is 41.0 Å². The highest BCUT2D eigenvalue weighted by Gasteiger charge is 2.26. The maximum atomic E-state index is 11.9. The number of benzene rings is 1. The van der Waals surface area contributed by atoms with Crippen LogP contribution in [0.25, 0.3) is 0 Å². The molecule has 0 aliphatic carbocycles. The topological polar surface area (TPSA) is 125 Å². The number of rotatable bonds is 6. The summed E-state index contributed by atoms with van der Waals surface area (Å²) in [5.41, 5.74) is 0.493. The van der Waals surface area contributed by atoms with Crippen LogP contribution in [-0.2, 0) is 19.2 Å². The van der Waals surface area contributed by atoms with Crippen LogP contribution in [0.2, 0.25) is 5.02 Å². The first-order valence-electron chi connectivity index (χ1n) is 6.85. The fourth-order valence-corrected chi connectivity index (χ4v) is 2.17. The Hall–Kier alpha value is -2.81. The standard InChI is InChI=1S/C14H14ClN3O6/c15-8-1-2-10-9(3-8)18(7-14(23)24-10)6-12(20)16-4-11(19)17-5-13(21)22/h1-3H,4-7H2,(H,16,20)(H,17,19)(H,21,22). The lowest BCUT2D eigenvalue weighted by Crippen LogP contribution is -2.46. The van der Waals surface area contributed by atoms with Gasteiger partial charge in [-0.25, -0.2) is 4.79 Å². The molecule has 0 fully saturated rings. The summed E-state index contributed by atoms with van der Waals surface area (Å²) in [4.78, 5) is 46.6. The number of carbonyl (C=O) groups is 4. The van der Waals surface area contributed by atoms with Crippen molar-refractivity contribution in [1.29, 1.82) is 0 Å². The van der Waals surface area contributed by atoms with Crippen LogP contribution in [0, 0.1) is 0 Å². The fraction of sp³-hybridized carbons (Fsp3) is 0.286. The van der Waals surface area contributed by atoms with Crippen LogP contribution in [0.15, 0.2) is 18.2 Å². The van der Waals surface area contributed by atoms with Crippen LogP contribution in [0.3, 0.4) is 0 Å². The first-order valence-corrected chi connectivity index (χ1v) is 7.23. The number of carboxylic acid groups (broad SMARTS) is 1. The molecule has 2 rings (SSSR count). The molecule has 0 saturated carbocycles. The van der Waals surface area contributed by atoms with E-state index in [4.69, 9.17) is 21.4 Å². The van der Waals surface area contributed by atoms with Crippen molar-refractivity contribution in [1.82, 2.24) is 10.6 Å². The van der Waals surface area contributed by atoms with E-state index in [1.165, 1.54) is 11.0 Å². The second kappa shape index (κ2) is 7.64. The minimum Gasteiger partial charge on any atom is -0.480 e. The maximum Gasteiger partial charge on any atom is 0.331 e. The summed E-state index contributed by atoms with van der Waals surface area (Å²) in [6.07, 6.45) is 0. The number of aliphatic carboxylic acids is 1. The van der Waals surface area contributed by atoms with E-state index >= 15 is 0 Å². The van der Waals surface area contributed by atoms with Gasteiger partial charge < -0.3 is 25.4 Å². The summed E-state index contributed by atoms with van der Waals surface area (Å²) >= 11 is 5.91. The average Bonchev–Trinajstić information content (AvgIpc) is 2.51. The van der Waals surface area contributed by atoms with Gasteiger partial charge in [-0.1, -0.05) is 11.6 Å². The average molecular weight is 356 g/mol. The quantitative estimate of drug-likeness (QED) is 0.459. The second-order valence-corrected chi connectivity index (χ2v) is 5.33. The first kappa shape index (κ1) is 17.5. The van der Waals surface area contributed by atoms with Gasteiger partial charge in [-0.15, -0.1) is 0 Å². The van der Waals surface area contributed by atoms with E-state index in [2.05, 4.69) is 10.6 Å². The third kappa shape index (κ3) is 4.85. The Morgan fingerprint density at radius 3 is 2.62 bits per heavy atom. The van der Waals surface area contributed by atoms with Gasteiger partial charge in [0.15, 0.2) is 5.75 Å². The number of carboxylic acids is 1. The molecular formula is C14H14ClN3O6. The minimum atomic E-state index is -1.19. The Kier molecular flexibility index (Phi) is 5.59. The van der Waals surface area contributed by atoms with Crippen LogP contribution in [0.1, 0.15) is 0 Å². The molecule has 128 valence electrons. The van der Waals surface area contributed by atoms with Crippen molar-refractivity contribution in [2.24, 2.45) is 0 Å².